The van der Waals surface area contributed by atoms with Crippen molar-refractivity contribution in [2.75, 3.05) is 52.5 Å². The van der Waals surface area contributed by atoms with E-state index in [0.717, 1.165) is 5.69 Å². The maximum Gasteiger partial charge on any atom is 0.130 e. The number of halogens is 1. The third kappa shape index (κ3) is 4.44. The Morgan fingerprint density at radius 2 is 1.80 bits per heavy atom. The van der Waals surface area contributed by atoms with Gasteiger partial charge in [-0.25, -0.2) is 4.39 Å². The van der Waals surface area contributed by atoms with Crippen molar-refractivity contribution in [1.82, 2.24) is 5.32 Å². The number of methoxy groups -OCH3 is 2. The number of anilines is 1. The van der Waals surface area contributed by atoms with E-state index in [1.165, 1.54) is 6.07 Å². The zero-order valence-electron chi connectivity index (χ0n) is 12.8. The Kier molecular flexibility index (Phi) is 7.51. The minimum Gasteiger partial charge on any atom is -0.383 e. The smallest absolute Gasteiger partial charge is 0.130 e. The fraction of sp³-hybridized carbons (Fsp3) is 0.600. The van der Waals surface area contributed by atoms with Gasteiger partial charge in [0.05, 0.1) is 13.2 Å². The molecule has 0 aromatic heterocycles. The van der Waals surface area contributed by atoms with Gasteiger partial charge >= 0.3 is 0 Å². The van der Waals surface area contributed by atoms with Crippen LogP contribution >= 0.6 is 0 Å². The molecule has 0 aliphatic heterocycles. The fourth-order valence-electron chi connectivity index (χ4n) is 2.13. The van der Waals surface area contributed by atoms with Crippen LogP contribution in [0.2, 0.25) is 0 Å². The van der Waals surface area contributed by atoms with Crippen molar-refractivity contribution in [2.24, 2.45) is 0 Å². The molecule has 1 aromatic rings. The Morgan fingerprint density at radius 3 is 2.30 bits per heavy atom. The van der Waals surface area contributed by atoms with E-state index in [0.29, 0.717) is 31.9 Å². The quantitative estimate of drug-likeness (QED) is 0.754. The van der Waals surface area contributed by atoms with Gasteiger partial charge in [0.15, 0.2) is 0 Å². The number of benzene rings is 1. The van der Waals surface area contributed by atoms with E-state index in [-0.39, 0.29) is 11.9 Å². The summed E-state index contributed by atoms with van der Waals surface area (Å²) >= 11 is 0. The van der Waals surface area contributed by atoms with Gasteiger partial charge < -0.3 is 19.7 Å². The van der Waals surface area contributed by atoms with Crippen molar-refractivity contribution in [3.63, 3.8) is 0 Å². The lowest BCUT2D eigenvalue weighted by molar-refractivity contribution is 0.190. The van der Waals surface area contributed by atoms with Crippen LogP contribution in [-0.2, 0) is 9.47 Å². The summed E-state index contributed by atoms with van der Waals surface area (Å²) in [6, 6.07) is 5.12. The largest absolute Gasteiger partial charge is 0.383 e. The molecule has 0 bridgehead atoms. The molecule has 0 heterocycles. The first-order valence-electron chi connectivity index (χ1n) is 6.84. The summed E-state index contributed by atoms with van der Waals surface area (Å²) in [4.78, 5) is 2.10. The van der Waals surface area contributed by atoms with Gasteiger partial charge in [-0.15, -0.1) is 0 Å². The molecule has 0 saturated carbocycles. The molecule has 5 heteroatoms. The summed E-state index contributed by atoms with van der Waals surface area (Å²) in [7, 11) is 5.16. The first kappa shape index (κ1) is 16.9. The maximum atomic E-state index is 14.2. The van der Waals surface area contributed by atoms with Crippen LogP contribution < -0.4 is 10.2 Å². The molecule has 1 unspecified atom stereocenters. The van der Waals surface area contributed by atoms with E-state index < -0.39 is 0 Å². The number of hydrogen-bond donors (Lipinski definition) is 1. The average molecular weight is 284 g/mol. The lowest BCUT2D eigenvalue weighted by Gasteiger charge is -2.28. The Bertz CT molecular complexity index is 393. The Labute approximate surface area is 120 Å². The molecule has 1 aromatic carbocycles. The van der Waals surface area contributed by atoms with Gasteiger partial charge in [0.2, 0.25) is 0 Å². The Hall–Kier alpha value is -1.17. The van der Waals surface area contributed by atoms with Crippen LogP contribution in [0.3, 0.4) is 0 Å². The average Bonchev–Trinajstić information content (AvgIpc) is 2.46. The van der Waals surface area contributed by atoms with Crippen LogP contribution in [0.25, 0.3) is 0 Å². The highest BCUT2D eigenvalue weighted by atomic mass is 19.1. The molecule has 0 aliphatic carbocycles. The molecular formula is C15H25FN2O2. The van der Waals surface area contributed by atoms with E-state index in [1.807, 2.05) is 20.0 Å². The monoisotopic (exact) mass is 284 g/mol. The van der Waals surface area contributed by atoms with Crippen molar-refractivity contribution in [2.45, 2.75) is 13.0 Å². The molecular weight excluding hydrogens is 259 g/mol. The van der Waals surface area contributed by atoms with Gasteiger partial charge in [-0.2, -0.15) is 0 Å². The minimum absolute atomic E-state index is 0.0567. The van der Waals surface area contributed by atoms with Crippen LogP contribution in [0, 0.1) is 5.82 Å². The topological polar surface area (TPSA) is 33.7 Å². The maximum absolute atomic E-state index is 14.2. The van der Waals surface area contributed by atoms with Crippen molar-refractivity contribution >= 4 is 5.69 Å². The second kappa shape index (κ2) is 8.89. The van der Waals surface area contributed by atoms with Crippen molar-refractivity contribution < 1.29 is 13.9 Å². The SMILES string of the molecule is CNC(C)c1c(F)cccc1N(CCOC)CCOC. The highest BCUT2D eigenvalue weighted by Gasteiger charge is 2.18. The zero-order chi connectivity index (χ0) is 15.0. The van der Waals surface area contributed by atoms with Crippen LogP contribution in [0.4, 0.5) is 10.1 Å². The number of rotatable bonds is 9. The Balaban J connectivity index is 3.07. The van der Waals surface area contributed by atoms with Crippen LogP contribution in [0.5, 0.6) is 0 Å². The number of ether oxygens (including phenoxy) is 2. The van der Waals surface area contributed by atoms with Gasteiger partial charge in [0.1, 0.15) is 5.82 Å². The molecule has 4 nitrogen and oxygen atoms in total. The van der Waals surface area contributed by atoms with Crippen molar-refractivity contribution in [3.8, 4) is 0 Å². The summed E-state index contributed by atoms with van der Waals surface area (Å²) < 4.78 is 24.4. The van der Waals surface area contributed by atoms with E-state index in [1.54, 1.807) is 20.3 Å². The summed E-state index contributed by atoms with van der Waals surface area (Å²) in [5.41, 5.74) is 1.57. The Morgan fingerprint density at radius 1 is 1.20 bits per heavy atom. The summed E-state index contributed by atoms with van der Waals surface area (Å²) in [6.45, 7) is 4.54. The van der Waals surface area contributed by atoms with Crippen LogP contribution in [-0.4, -0.2) is 47.6 Å². The number of nitrogens with one attached hydrogen (secondary N) is 1. The van der Waals surface area contributed by atoms with E-state index in [4.69, 9.17) is 9.47 Å². The molecule has 0 amide bonds. The number of nitrogens with zero attached hydrogens (tertiary/aromatic N) is 1. The summed E-state index contributed by atoms with van der Waals surface area (Å²) in [6.07, 6.45) is 0. The predicted octanol–water partition coefficient (Wildman–Crippen LogP) is 2.21. The molecule has 0 spiro atoms. The predicted molar refractivity (Wildman–Crippen MR) is 79.8 cm³/mol. The first-order chi connectivity index (χ1) is 9.65. The molecule has 114 valence electrons. The zero-order valence-corrected chi connectivity index (χ0v) is 12.8. The van der Waals surface area contributed by atoms with Gasteiger partial charge in [0, 0.05) is 44.6 Å². The van der Waals surface area contributed by atoms with Gasteiger partial charge in [-0.05, 0) is 26.1 Å². The number of hydrogen-bond acceptors (Lipinski definition) is 4. The lowest BCUT2D eigenvalue weighted by atomic mass is 10.0. The van der Waals surface area contributed by atoms with Gasteiger partial charge in [-0.1, -0.05) is 6.07 Å². The molecule has 1 N–H and O–H groups in total. The van der Waals surface area contributed by atoms with Crippen molar-refractivity contribution in [1.29, 1.82) is 0 Å². The van der Waals surface area contributed by atoms with Crippen LogP contribution in [0.1, 0.15) is 18.5 Å². The van der Waals surface area contributed by atoms with Crippen LogP contribution in [0.15, 0.2) is 18.2 Å². The summed E-state index contributed by atoms with van der Waals surface area (Å²) in [5, 5.41) is 3.10. The van der Waals surface area contributed by atoms with E-state index in [9.17, 15) is 4.39 Å². The summed E-state index contributed by atoms with van der Waals surface area (Å²) in [5.74, 6) is -0.191. The molecule has 1 atom stereocenters. The third-order valence-electron chi connectivity index (χ3n) is 3.37. The second-order valence-corrected chi connectivity index (χ2v) is 4.66. The fourth-order valence-corrected chi connectivity index (χ4v) is 2.13. The molecule has 0 radical (unpaired) electrons. The normalized spacial score (nSPS) is 12.4. The molecule has 20 heavy (non-hydrogen) atoms. The highest BCUT2D eigenvalue weighted by Crippen LogP contribution is 2.28. The molecule has 0 aliphatic rings. The van der Waals surface area contributed by atoms with E-state index >= 15 is 0 Å². The van der Waals surface area contributed by atoms with Gasteiger partial charge in [0.25, 0.3) is 0 Å². The molecule has 0 saturated heterocycles. The van der Waals surface area contributed by atoms with Crippen molar-refractivity contribution in [3.05, 3.63) is 29.6 Å². The minimum atomic E-state index is -0.191. The van der Waals surface area contributed by atoms with E-state index in [2.05, 4.69) is 10.2 Å². The standard InChI is InChI=1S/C15H25FN2O2/c1-12(17-2)15-13(16)6-5-7-14(15)18(8-10-19-3)9-11-20-4/h5-7,12,17H,8-11H2,1-4H3. The molecule has 1 rings (SSSR count). The lowest BCUT2D eigenvalue weighted by Crippen LogP contribution is -2.32. The second-order valence-electron chi connectivity index (χ2n) is 4.66. The molecule has 0 fully saturated rings. The van der Waals surface area contributed by atoms with Gasteiger partial charge in [-0.3, -0.25) is 0 Å². The first-order valence-corrected chi connectivity index (χ1v) is 6.84. The third-order valence-corrected chi connectivity index (χ3v) is 3.37. The highest BCUT2D eigenvalue weighted by molar-refractivity contribution is 5.55.